The van der Waals surface area contributed by atoms with E-state index in [0.717, 1.165) is 45.4 Å². The molecule has 0 aromatic carbocycles. The van der Waals surface area contributed by atoms with E-state index < -0.39 is 0 Å². The molecule has 0 saturated carbocycles. The van der Waals surface area contributed by atoms with Crippen molar-refractivity contribution in [2.75, 3.05) is 39.8 Å². The van der Waals surface area contributed by atoms with Gasteiger partial charge in [0.1, 0.15) is 0 Å². The largest absolute Gasteiger partial charge is 0.466 e. The first-order valence-electron chi connectivity index (χ1n) is 6.75. The first-order valence-corrected chi connectivity index (χ1v) is 6.75. The molecule has 0 aliphatic carbocycles. The van der Waals surface area contributed by atoms with Crippen molar-refractivity contribution in [1.29, 1.82) is 0 Å². The lowest BCUT2D eigenvalue weighted by atomic mass is 10.2. The standard InChI is InChI=1S/C13H28N2O2/c1-4-15(3)12-11-14-10-8-6-7-9-13(16)17-5-2/h14H,4-12H2,1-3H3. The quantitative estimate of drug-likeness (QED) is 0.443. The molecule has 0 radical (unpaired) electrons. The van der Waals surface area contributed by atoms with Crippen molar-refractivity contribution < 1.29 is 9.53 Å². The van der Waals surface area contributed by atoms with Crippen LogP contribution in [0.5, 0.6) is 0 Å². The second kappa shape index (κ2) is 11.9. The van der Waals surface area contributed by atoms with Gasteiger partial charge < -0.3 is 15.0 Å². The van der Waals surface area contributed by atoms with E-state index in [0.29, 0.717) is 13.0 Å². The molecule has 4 nitrogen and oxygen atoms in total. The lowest BCUT2D eigenvalue weighted by Crippen LogP contribution is -2.29. The molecule has 0 bridgehead atoms. The Morgan fingerprint density at radius 1 is 1.18 bits per heavy atom. The number of hydrogen-bond acceptors (Lipinski definition) is 4. The second-order valence-electron chi connectivity index (χ2n) is 4.26. The van der Waals surface area contributed by atoms with Crippen molar-refractivity contribution in [2.24, 2.45) is 0 Å². The molecular formula is C13H28N2O2. The van der Waals surface area contributed by atoms with E-state index in [2.05, 4.69) is 24.2 Å². The monoisotopic (exact) mass is 244 g/mol. The summed E-state index contributed by atoms with van der Waals surface area (Å²) in [5.41, 5.74) is 0. The van der Waals surface area contributed by atoms with E-state index in [9.17, 15) is 4.79 Å². The molecule has 0 aliphatic rings. The third-order valence-electron chi connectivity index (χ3n) is 2.75. The number of carbonyl (C=O) groups excluding carboxylic acids is 1. The van der Waals surface area contributed by atoms with Crippen LogP contribution in [0.2, 0.25) is 0 Å². The van der Waals surface area contributed by atoms with Crippen LogP contribution < -0.4 is 5.32 Å². The predicted molar refractivity (Wildman–Crippen MR) is 71.1 cm³/mol. The highest BCUT2D eigenvalue weighted by molar-refractivity contribution is 5.69. The van der Waals surface area contributed by atoms with Crippen LogP contribution in [0.1, 0.15) is 39.5 Å². The Bertz CT molecular complexity index is 186. The number of ether oxygens (including phenoxy) is 1. The number of esters is 1. The van der Waals surface area contributed by atoms with E-state index in [-0.39, 0.29) is 5.97 Å². The molecule has 0 fully saturated rings. The van der Waals surface area contributed by atoms with Crippen LogP contribution in [0, 0.1) is 0 Å². The van der Waals surface area contributed by atoms with Gasteiger partial charge in [-0.1, -0.05) is 13.3 Å². The molecule has 0 aliphatic heterocycles. The number of nitrogens with zero attached hydrogens (tertiary/aromatic N) is 1. The van der Waals surface area contributed by atoms with Crippen LogP contribution >= 0.6 is 0 Å². The highest BCUT2D eigenvalue weighted by atomic mass is 16.5. The molecule has 4 heteroatoms. The second-order valence-corrected chi connectivity index (χ2v) is 4.26. The minimum atomic E-state index is -0.0648. The molecule has 0 unspecified atom stereocenters. The molecule has 0 rings (SSSR count). The lowest BCUT2D eigenvalue weighted by Gasteiger charge is -2.13. The van der Waals surface area contributed by atoms with Crippen LogP contribution in [-0.2, 0) is 9.53 Å². The highest BCUT2D eigenvalue weighted by Crippen LogP contribution is 2.00. The number of unbranched alkanes of at least 4 members (excludes halogenated alkanes) is 2. The molecule has 1 N–H and O–H groups in total. The molecular weight excluding hydrogens is 216 g/mol. The fourth-order valence-electron chi connectivity index (χ4n) is 1.48. The van der Waals surface area contributed by atoms with Crippen LogP contribution in [0.3, 0.4) is 0 Å². The van der Waals surface area contributed by atoms with E-state index in [1.54, 1.807) is 0 Å². The molecule has 0 amide bonds. The van der Waals surface area contributed by atoms with Crippen molar-refractivity contribution >= 4 is 5.97 Å². The average molecular weight is 244 g/mol. The zero-order chi connectivity index (χ0) is 12.9. The van der Waals surface area contributed by atoms with E-state index in [1.165, 1.54) is 0 Å². The summed E-state index contributed by atoms with van der Waals surface area (Å²) in [5, 5.41) is 3.41. The van der Waals surface area contributed by atoms with Gasteiger partial charge in [-0.3, -0.25) is 4.79 Å². The summed E-state index contributed by atoms with van der Waals surface area (Å²) < 4.78 is 4.87. The Labute approximate surface area is 106 Å². The zero-order valence-corrected chi connectivity index (χ0v) is 11.6. The fraction of sp³-hybridized carbons (Fsp3) is 0.923. The van der Waals surface area contributed by atoms with E-state index >= 15 is 0 Å². The summed E-state index contributed by atoms with van der Waals surface area (Å²) in [6.45, 7) is 8.78. The fourth-order valence-corrected chi connectivity index (χ4v) is 1.48. The molecule has 0 saturated heterocycles. The van der Waals surface area contributed by atoms with Gasteiger partial charge in [-0.05, 0) is 39.9 Å². The van der Waals surface area contributed by atoms with Crippen molar-refractivity contribution in [3.8, 4) is 0 Å². The van der Waals surface area contributed by atoms with E-state index in [1.807, 2.05) is 6.92 Å². The molecule has 0 aromatic heterocycles. The number of rotatable bonds is 11. The van der Waals surface area contributed by atoms with E-state index in [4.69, 9.17) is 4.74 Å². The van der Waals surface area contributed by atoms with Crippen molar-refractivity contribution in [2.45, 2.75) is 39.5 Å². The van der Waals surface area contributed by atoms with Gasteiger partial charge in [0.05, 0.1) is 6.61 Å². The van der Waals surface area contributed by atoms with Crippen LogP contribution in [0.4, 0.5) is 0 Å². The van der Waals surface area contributed by atoms with Gasteiger partial charge in [0.15, 0.2) is 0 Å². The Morgan fingerprint density at radius 3 is 2.59 bits per heavy atom. The number of likely N-dealkylation sites (N-methyl/N-ethyl adjacent to an activating group) is 1. The van der Waals surface area contributed by atoms with Gasteiger partial charge in [-0.15, -0.1) is 0 Å². The van der Waals surface area contributed by atoms with Gasteiger partial charge in [-0.25, -0.2) is 0 Å². The van der Waals surface area contributed by atoms with Crippen LogP contribution in [0.25, 0.3) is 0 Å². The summed E-state index contributed by atoms with van der Waals surface area (Å²) in [6, 6.07) is 0. The normalized spacial score (nSPS) is 10.8. The summed E-state index contributed by atoms with van der Waals surface area (Å²) in [4.78, 5) is 13.3. The molecule has 0 spiro atoms. The lowest BCUT2D eigenvalue weighted by molar-refractivity contribution is -0.143. The van der Waals surface area contributed by atoms with Crippen molar-refractivity contribution in [1.82, 2.24) is 10.2 Å². The molecule has 102 valence electrons. The van der Waals surface area contributed by atoms with Gasteiger partial charge in [-0.2, -0.15) is 0 Å². The maximum atomic E-state index is 11.0. The summed E-state index contributed by atoms with van der Waals surface area (Å²) in [6.07, 6.45) is 3.73. The smallest absolute Gasteiger partial charge is 0.305 e. The van der Waals surface area contributed by atoms with Crippen molar-refractivity contribution in [3.63, 3.8) is 0 Å². The minimum Gasteiger partial charge on any atom is -0.466 e. The Kier molecular flexibility index (Phi) is 11.4. The number of hydrogen-bond donors (Lipinski definition) is 1. The maximum absolute atomic E-state index is 11.0. The Balaban J connectivity index is 3.11. The molecule has 0 aromatic rings. The zero-order valence-electron chi connectivity index (χ0n) is 11.6. The first kappa shape index (κ1) is 16.4. The molecule has 0 atom stereocenters. The third-order valence-corrected chi connectivity index (χ3v) is 2.75. The maximum Gasteiger partial charge on any atom is 0.305 e. The van der Waals surface area contributed by atoms with Gasteiger partial charge in [0, 0.05) is 19.5 Å². The van der Waals surface area contributed by atoms with Gasteiger partial charge >= 0.3 is 5.97 Å². The number of carbonyl (C=O) groups is 1. The van der Waals surface area contributed by atoms with Crippen LogP contribution in [0.15, 0.2) is 0 Å². The summed E-state index contributed by atoms with van der Waals surface area (Å²) in [5.74, 6) is -0.0648. The molecule has 17 heavy (non-hydrogen) atoms. The average Bonchev–Trinajstić information content (AvgIpc) is 2.32. The SMILES string of the molecule is CCOC(=O)CCCCCNCCN(C)CC. The van der Waals surface area contributed by atoms with Gasteiger partial charge in [0.25, 0.3) is 0 Å². The molecule has 0 heterocycles. The van der Waals surface area contributed by atoms with Crippen molar-refractivity contribution in [3.05, 3.63) is 0 Å². The summed E-state index contributed by atoms with van der Waals surface area (Å²) in [7, 11) is 2.13. The Hall–Kier alpha value is -0.610. The minimum absolute atomic E-state index is 0.0648. The predicted octanol–water partition coefficient (Wildman–Crippen LogP) is 1.65. The van der Waals surface area contributed by atoms with Crippen LogP contribution in [-0.4, -0.2) is 50.7 Å². The Morgan fingerprint density at radius 2 is 1.94 bits per heavy atom. The van der Waals surface area contributed by atoms with Gasteiger partial charge in [0.2, 0.25) is 0 Å². The third kappa shape index (κ3) is 11.6. The number of nitrogens with one attached hydrogen (secondary N) is 1. The first-order chi connectivity index (χ1) is 8.20. The highest BCUT2D eigenvalue weighted by Gasteiger charge is 2.00. The topological polar surface area (TPSA) is 41.6 Å². The summed E-state index contributed by atoms with van der Waals surface area (Å²) >= 11 is 0.